The average molecular weight is 235 g/mol. The van der Waals surface area contributed by atoms with E-state index in [1.165, 1.54) is 20.5 Å². The van der Waals surface area contributed by atoms with Crippen LogP contribution in [0.1, 0.15) is 17.4 Å². The van der Waals surface area contributed by atoms with Crippen molar-refractivity contribution in [3.05, 3.63) is 28.6 Å². The summed E-state index contributed by atoms with van der Waals surface area (Å²) < 4.78 is 6.65. The molecule has 0 aliphatic heterocycles. The molecule has 1 aromatic carbocycles. The molecule has 86 valence electrons. The number of aryl methyl sites for hydroxylation is 1. The third-order valence-corrected chi connectivity index (χ3v) is 4.10. The van der Waals surface area contributed by atoms with Crippen LogP contribution in [0.3, 0.4) is 0 Å². The number of methoxy groups -OCH3 is 1. The van der Waals surface area contributed by atoms with Gasteiger partial charge < -0.3 is 10.1 Å². The van der Waals surface area contributed by atoms with Gasteiger partial charge in [-0.2, -0.15) is 0 Å². The van der Waals surface area contributed by atoms with Crippen molar-refractivity contribution in [1.29, 1.82) is 0 Å². The van der Waals surface area contributed by atoms with Gasteiger partial charge in [0.2, 0.25) is 0 Å². The lowest BCUT2D eigenvalue weighted by Gasteiger charge is -2.00. The van der Waals surface area contributed by atoms with Crippen molar-refractivity contribution in [2.24, 2.45) is 0 Å². The Labute approximate surface area is 100 Å². The van der Waals surface area contributed by atoms with Crippen LogP contribution in [0.4, 0.5) is 0 Å². The predicted octanol–water partition coefficient (Wildman–Crippen LogP) is 3.33. The highest BCUT2D eigenvalue weighted by molar-refractivity contribution is 7.19. The monoisotopic (exact) mass is 235 g/mol. The highest BCUT2D eigenvalue weighted by atomic mass is 32.1. The van der Waals surface area contributed by atoms with Crippen LogP contribution in [0.25, 0.3) is 10.1 Å². The maximum atomic E-state index is 5.39. The number of hydrogen-bond donors (Lipinski definition) is 1. The summed E-state index contributed by atoms with van der Waals surface area (Å²) >= 11 is 1.83. The molecule has 0 fully saturated rings. The minimum absolute atomic E-state index is 0.949. The molecule has 0 aliphatic carbocycles. The average Bonchev–Trinajstić information content (AvgIpc) is 2.64. The second-order valence-corrected chi connectivity index (χ2v) is 4.87. The van der Waals surface area contributed by atoms with Gasteiger partial charge in [-0.1, -0.05) is 19.1 Å². The van der Waals surface area contributed by atoms with Crippen LogP contribution in [0.15, 0.2) is 18.2 Å². The molecule has 0 saturated heterocycles. The minimum Gasteiger partial charge on any atom is -0.495 e. The van der Waals surface area contributed by atoms with Crippen molar-refractivity contribution in [1.82, 2.24) is 5.32 Å². The van der Waals surface area contributed by atoms with Crippen molar-refractivity contribution in [2.45, 2.75) is 20.4 Å². The highest BCUT2D eigenvalue weighted by Crippen LogP contribution is 2.36. The molecule has 0 spiro atoms. The lowest BCUT2D eigenvalue weighted by Crippen LogP contribution is -2.11. The first-order valence-corrected chi connectivity index (χ1v) is 6.35. The summed E-state index contributed by atoms with van der Waals surface area (Å²) in [4.78, 5) is 1.40. The van der Waals surface area contributed by atoms with E-state index >= 15 is 0 Å². The van der Waals surface area contributed by atoms with E-state index in [4.69, 9.17) is 4.74 Å². The SMILES string of the molecule is CCNCc1sc2c(OC)cccc2c1C. The van der Waals surface area contributed by atoms with Crippen molar-refractivity contribution in [3.8, 4) is 5.75 Å². The molecule has 0 saturated carbocycles. The van der Waals surface area contributed by atoms with Gasteiger partial charge in [0.1, 0.15) is 5.75 Å². The van der Waals surface area contributed by atoms with E-state index in [0.717, 1.165) is 18.8 Å². The predicted molar refractivity (Wildman–Crippen MR) is 70.5 cm³/mol. The fourth-order valence-electron chi connectivity index (χ4n) is 1.83. The normalized spacial score (nSPS) is 10.9. The number of ether oxygens (including phenoxy) is 1. The summed E-state index contributed by atoms with van der Waals surface area (Å²) in [6.07, 6.45) is 0. The number of benzene rings is 1. The Bertz CT molecular complexity index is 490. The largest absolute Gasteiger partial charge is 0.495 e. The molecule has 3 heteroatoms. The Morgan fingerprint density at radius 3 is 2.88 bits per heavy atom. The molecule has 0 bridgehead atoms. The number of fused-ring (bicyclic) bond motifs is 1. The highest BCUT2D eigenvalue weighted by Gasteiger charge is 2.10. The van der Waals surface area contributed by atoms with E-state index < -0.39 is 0 Å². The lowest BCUT2D eigenvalue weighted by molar-refractivity contribution is 0.420. The number of rotatable bonds is 4. The van der Waals surface area contributed by atoms with Crippen molar-refractivity contribution in [2.75, 3.05) is 13.7 Å². The maximum absolute atomic E-state index is 5.39. The van der Waals surface area contributed by atoms with Crippen LogP contribution >= 0.6 is 11.3 Å². The van der Waals surface area contributed by atoms with Gasteiger partial charge in [0.25, 0.3) is 0 Å². The molecule has 1 heterocycles. The van der Waals surface area contributed by atoms with E-state index in [-0.39, 0.29) is 0 Å². The molecular formula is C13H17NOS. The van der Waals surface area contributed by atoms with Crippen LogP contribution in [-0.2, 0) is 6.54 Å². The number of hydrogen-bond acceptors (Lipinski definition) is 3. The first-order chi connectivity index (χ1) is 7.77. The summed E-state index contributed by atoms with van der Waals surface area (Å²) in [5.41, 5.74) is 1.37. The quantitative estimate of drug-likeness (QED) is 0.877. The first kappa shape index (κ1) is 11.4. The second kappa shape index (κ2) is 4.85. The minimum atomic E-state index is 0.949. The smallest absolute Gasteiger partial charge is 0.136 e. The molecular weight excluding hydrogens is 218 g/mol. The zero-order valence-corrected chi connectivity index (χ0v) is 10.8. The zero-order valence-electron chi connectivity index (χ0n) is 9.96. The molecule has 0 aliphatic rings. The molecule has 0 amide bonds. The first-order valence-electron chi connectivity index (χ1n) is 5.53. The summed E-state index contributed by atoms with van der Waals surface area (Å²) in [6.45, 7) is 6.27. The molecule has 0 radical (unpaired) electrons. The van der Waals surface area contributed by atoms with Crippen LogP contribution in [-0.4, -0.2) is 13.7 Å². The van der Waals surface area contributed by atoms with Gasteiger partial charge in [0.15, 0.2) is 0 Å². The van der Waals surface area contributed by atoms with Crippen LogP contribution in [0, 0.1) is 6.92 Å². The Morgan fingerprint density at radius 2 is 2.19 bits per heavy atom. The molecule has 2 aromatic rings. The Balaban J connectivity index is 2.49. The van der Waals surface area contributed by atoms with Crippen molar-refractivity contribution in [3.63, 3.8) is 0 Å². The maximum Gasteiger partial charge on any atom is 0.136 e. The van der Waals surface area contributed by atoms with E-state index in [2.05, 4.69) is 31.3 Å². The van der Waals surface area contributed by atoms with Gasteiger partial charge >= 0.3 is 0 Å². The molecule has 1 aromatic heterocycles. The standard InChI is InChI=1S/C13H17NOS/c1-4-14-8-12-9(2)10-6-5-7-11(15-3)13(10)16-12/h5-7,14H,4,8H2,1-3H3. The fraction of sp³-hybridized carbons (Fsp3) is 0.385. The molecule has 2 rings (SSSR count). The Hall–Kier alpha value is -1.06. The van der Waals surface area contributed by atoms with Crippen LogP contribution in [0.2, 0.25) is 0 Å². The van der Waals surface area contributed by atoms with E-state index in [1.54, 1.807) is 7.11 Å². The Kier molecular flexibility index (Phi) is 3.46. The van der Waals surface area contributed by atoms with E-state index in [0.29, 0.717) is 0 Å². The van der Waals surface area contributed by atoms with Crippen molar-refractivity contribution >= 4 is 21.4 Å². The van der Waals surface area contributed by atoms with E-state index in [1.807, 2.05) is 17.4 Å². The van der Waals surface area contributed by atoms with E-state index in [9.17, 15) is 0 Å². The topological polar surface area (TPSA) is 21.3 Å². The van der Waals surface area contributed by atoms with Gasteiger partial charge in [-0.15, -0.1) is 11.3 Å². The third kappa shape index (κ3) is 1.93. The van der Waals surface area contributed by atoms with Gasteiger partial charge in [-0.3, -0.25) is 0 Å². The third-order valence-electron chi connectivity index (χ3n) is 2.78. The van der Waals surface area contributed by atoms with Gasteiger partial charge in [0, 0.05) is 11.4 Å². The second-order valence-electron chi connectivity index (χ2n) is 3.77. The summed E-state index contributed by atoms with van der Waals surface area (Å²) in [6, 6.07) is 6.24. The van der Waals surface area contributed by atoms with Gasteiger partial charge in [-0.05, 0) is 30.5 Å². The number of thiophene rings is 1. The molecule has 2 nitrogen and oxygen atoms in total. The molecule has 1 N–H and O–H groups in total. The van der Waals surface area contributed by atoms with Gasteiger partial charge in [-0.25, -0.2) is 0 Å². The molecule has 0 atom stereocenters. The summed E-state index contributed by atoms with van der Waals surface area (Å²) in [5.74, 6) is 0.980. The lowest BCUT2D eigenvalue weighted by atomic mass is 10.1. The summed E-state index contributed by atoms with van der Waals surface area (Å²) in [7, 11) is 1.73. The van der Waals surface area contributed by atoms with Gasteiger partial charge in [0.05, 0.1) is 11.8 Å². The molecule has 16 heavy (non-hydrogen) atoms. The zero-order chi connectivity index (χ0) is 11.5. The Morgan fingerprint density at radius 1 is 1.38 bits per heavy atom. The fourth-order valence-corrected chi connectivity index (χ4v) is 3.10. The summed E-state index contributed by atoms with van der Waals surface area (Å²) in [5, 5.41) is 4.69. The van der Waals surface area contributed by atoms with Crippen LogP contribution < -0.4 is 10.1 Å². The van der Waals surface area contributed by atoms with Crippen LogP contribution in [0.5, 0.6) is 5.75 Å². The van der Waals surface area contributed by atoms with Crippen molar-refractivity contribution < 1.29 is 4.74 Å². The number of nitrogens with one attached hydrogen (secondary N) is 1. The molecule has 0 unspecified atom stereocenters.